The maximum atomic E-state index is 12.1. The lowest BCUT2D eigenvalue weighted by Crippen LogP contribution is -2.33. The molecule has 1 amide bonds. The molecule has 0 radical (unpaired) electrons. The normalized spacial score (nSPS) is 16.1. The van der Waals surface area contributed by atoms with Crippen LogP contribution in [0.5, 0.6) is 5.75 Å². The van der Waals surface area contributed by atoms with E-state index < -0.39 is 0 Å². The molecule has 2 aromatic rings. The molecule has 0 aliphatic heterocycles. The molecule has 1 N–H and O–H groups in total. The number of nitrogens with one attached hydrogen (secondary N) is 1. The van der Waals surface area contributed by atoms with Crippen LogP contribution in [0.15, 0.2) is 53.7 Å². The summed E-state index contributed by atoms with van der Waals surface area (Å²) in [6.07, 6.45) is 4.70. The molecule has 136 valence electrons. The minimum atomic E-state index is -0.157. The van der Waals surface area contributed by atoms with Crippen molar-refractivity contribution in [1.82, 2.24) is 5.32 Å². The second-order valence-corrected chi connectivity index (χ2v) is 6.22. The Labute approximate surface area is 154 Å². The maximum Gasteiger partial charge on any atom is 0.261 e. The summed E-state index contributed by atoms with van der Waals surface area (Å²) >= 11 is 0. The van der Waals surface area contributed by atoms with E-state index in [1.807, 2.05) is 43.3 Å². The molecule has 0 bridgehead atoms. The molecule has 3 rings (SSSR count). The number of nitrogens with zero attached hydrogens (tertiary/aromatic N) is 1. The Morgan fingerprint density at radius 2 is 2.04 bits per heavy atom. The first-order valence-electron chi connectivity index (χ1n) is 9.01. The van der Waals surface area contributed by atoms with Gasteiger partial charge in [0.15, 0.2) is 6.61 Å². The van der Waals surface area contributed by atoms with Gasteiger partial charge in [-0.1, -0.05) is 29.4 Å². The van der Waals surface area contributed by atoms with Gasteiger partial charge in [-0.2, -0.15) is 0 Å². The summed E-state index contributed by atoms with van der Waals surface area (Å²) < 4.78 is 5.39. The third kappa shape index (κ3) is 4.85. The van der Waals surface area contributed by atoms with Crippen LogP contribution >= 0.6 is 0 Å². The van der Waals surface area contributed by atoms with Gasteiger partial charge in [-0.25, -0.2) is 0 Å². The molecule has 0 aromatic heterocycles. The van der Waals surface area contributed by atoms with Crippen LogP contribution in [0, 0.1) is 0 Å². The number of benzene rings is 2. The molecular formula is C21H24N2O3. The van der Waals surface area contributed by atoms with Crippen LogP contribution in [0.1, 0.15) is 42.5 Å². The Kier molecular flexibility index (Phi) is 6.25. The van der Waals surface area contributed by atoms with Crippen LogP contribution in [0.2, 0.25) is 0 Å². The van der Waals surface area contributed by atoms with Gasteiger partial charge in [0.1, 0.15) is 5.75 Å². The summed E-state index contributed by atoms with van der Waals surface area (Å²) in [5, 5.41) is 6.91. The van der Waals surface area contributed by atoms with Crippen molar-refractivity contribution < 1.29 is 14.4 Å². The van der Waals surface area contributed by atoms with Crippen LogP contribution in [0.25, 0.3) is 0 Å². The zero-order valence-corrected chi connectivity index (χ0v) is 15.0. The quantitative estimate of drug-likeness (QED) is 0.611. The Morgan fingerprint density at radius 1 is 1.23 bits per heavy atom. The van der Waals surface area contributed by atoms with Crippen molar-refractivity contribution in [2.45, 2.75) is 32.2 Å². The SMILES string of the molecule is CCOc1ccc(/C=N\OCC(=O)N[C@@H]2CCCc3ccccc32)cc1. The highest BCUT2D eigenvalue weighted by atomic mass is 16.6. The number of hydrogen-bond donors (Lipinski definition) is 1. The molecule has 0 spiro atoms. The van der Waals surface area contributed by atoms with Gasteiger partial charge in [-0.05, 0) is 67.1 Å². The third-order valence-corrected chi connectivity index (χ3v) is 4.37. The summed E-state index contributed by atoms with van der Waals surface area (Å²) in [6, 6.07) is 15.9. The van der Waals surface area contributed by atoms with E-state index in [0.717, 1.165) is 30.6 Å². The largest absolute Gasteiger partial charge is 0.494 e. The molecule has 0 saturated carbocycles. The number of carbonyl (C=O) groups is 1. The first kappa shape index (κ1) is 18.0. The summed E-state index contributed by atoms with van der Waals surface area (Å²) in [6.45, 7) is 2.49. The standard InChI is InChI=1S/C21H24N2O3/c1-2-25-18-12-10-16(11-13-18)14-22-26-15-21(24)23-20-9-5-7-17-6-3-4-8-19(17)20/h3-4,6,8,10-14,20H,2,5,7,9,15H2,1H3,(H,23,24)/b22-14-/t20-/m1/s1. The predicted octanol–water partition coefficient (Wildman–Crippen LogP) is 3.63. The Balaban J connectivity index is 1.46. The molecule has 1 aliphatic rings. The first-order valence-corrected chi connectivity index (χ1v) is 9.01. The lowest BCUT2D eigenvalue weighted by molar-refractivity contribution is -0.126. The second-order valence-electron chi connectivity index (χ2n) is 6.22. The predicted molar refractivity (Wildman–Crippen MR) is 101 cm³/mol. The Bertz CT molecular complexity index is 756. The molecule has 26 heavy (non-hydrogen) atoms. The van der Waals surface area contributed by atoms with Gasteiger partial charge >= 0.3 is 0 Å². The van der Waals surface area contributed by atoms with Crippen molar-refractivity contribution in [3.05, 3.63) is 65.2 Å². The van der Waals surface area contributed by atoms with Crippen LogP contribution in [0.4, 0.5) is 0 Å². The summed E-state index contributed by atoms with van der Waals surface area (Å²) in [4.78, 5) is 17.3. The second kappa shape index (κ2) is 9.04. The Morgan fingerprint density at radius 3 is 2.85 bits per heavy atom. The molecule has 5 nitrogen and oxygen atoms in total. The fourth-order valence-electron chi connectivity index (χ4n) is 3.15. The topological polar surface area (TPSA) is 59.9 Å². The van der Waals surface area contributed by atoms with Crippen molar-refractivity contribution >= 4 is 12.1 Å². The molecule has 1 atom stereocenters. The lowest BCUT2D eigenvalue weighted by Gasteiger charge is -2.26. The molecule has 0 saturated heterocycles. The van der Waals surface area contributed by atoms with Gasteiger partial charge in [-0.3, -0.25) is 4.79 Å². The lowest BCUT2D eigenvalue weighted by atomic mass is 9.88. The highest BCUT2D eigenvalue weighted by Crippen LogP contribution is 2.29. The molecule has 2 aromatic carbocycles. The number of aryl methyl sites for hydroxylation is 1. The monoisotopic (exact) mass is 352 g/mol. The molecule has 5 heteroatoms. The number of amides is 1. The van der Waals surface area contributed by atoms with Crippen molar-refractivity contribution in [1.29, 1.82) is 0 Å². The first-order chi connectivity index (χ1) is 12.8. The van der Waals surface area contributed by atoms with E-state index in [2.05, 4.69) is 22.6 Å². The highest BCUT2D eigenvalue weighted by molar-refractivity contribution is 5.80. The number of carbonyl (C=O) groups excluding carboxylic acids is 1. The number of ether oxygens (including phenoxy) is 1. The Hall–Kier alpha value is -2.82. The van der Waals surface area contributed by atoms with Gasteiger partial charge in [-0.15, -0.1) is 0 Å². The van der Waals surface area contributed by atoms with Crippen LogP contribution in [-0.2, 0) is 16.1 Å². The average Bonchev–Trinajstić information content (AvgIpc) is 2.67. The average molecular weight is 352 g/mol. The molecule has 0 heterocycles. The van der Waals surface area contributed by atoms with Gasteiger partial charge in [0.25, 0.3) is 5.91 Å². The van der Waals surface area contributed by atoms with E-state index in [0.29, 0.717) is 6.61 Å². The van der Waals surface area contributed by atoms with Crippen molar-refractivity contribution in [3.8, 4) is 5.75 Å². The summed E-state index contributed by atoms with van der Waals surface area (Å²) in [5.41, 5.74) is 3.42. The highest BCUT2D eigenvalue weighted by Gasteiger charge is 2.21. The van der Waals surface area contributed by atoms with Gasteiger partial charge in [0.05, 0.1) is 18.9 Å². The minimum absolute atomic E-state index is 0.0612. The van der Waals surface area contributed by atoms with E-state index in [9.17, 15) is 4.79 Å². The fourth-order valence-corrected chi connectivity index (χ4v) is 3.15. The van der Waals surface area contributed by atoms with Crippen molar-refractivity contribution in [3.63, 3.8) is 0 Å². The number of hydrogen-bond acceptors (Lipinski definition) is 4. The summed E-state index contributed by atoms with van der Waals surface area (Å²) in [7, 11) is 0. The van der Waals surface area contributed by atoms with Gasteiger partial charge in [0.2, 0.25) is 0 Å². The number of oxime groups is 1. The molecule has 0 unspecified atom stereocenters. The van der Waals surface area contributed by atoms with E-state index in [1.54, 1.807) is 6.21 Å². The molecule has 1 aliphatic carbocycles. The molecule has 0 fully saturated rings. The van der Waals surface area contributed by atoms with Crippen LogP contribution < -0.4 is 10.1 Å². The van der Waals surface area contributed by atoms with Crippen LogP contribution in [0.3, 0.4) is 0 Å². The van der Waals surface area contributed by atoms with Crippen LogP contribution in [-0.4, -0.2) is 25.3 Å². The number of rotatable bonds is 7. The van der Waals surface area contributed by atoms with Crippen molar-refractivity contribution in [2.24, 2.45) is 5.16 Å². The van der Waals surface area contributed by atoms with E-state index in [1.165, 1.54) is 11.1 Å². The van der Waals surface area contributed by atoms with Gasteiger partial charge < -0.3 is 14.9 Å². The zero-order valence-electron chi connectivity index (χ0n) is 15.0. The maximum absolute atomic E-state index is 12.1. The molecular weight excluding hydrogens is 328 g/mol. The number of fused-ring (bicyclic) bond motifs is 1. The minimum Gasteiger partial charge on any atom is -0.494 e. The third-order valence-electron chi connectivity index (χ3n) is 4.37. The smallest absolute Gasteiger partial charge is 0.261 e. The van der Waals surface area contributed by atoms with E-state index in [-0.39, 0.29) is 18.6 Å². The zero-order chi connectivity index (χ0) is 18.2. The van der Waals surface area contributed by atoms with Gasteiger partial charge in [0, 0.05) is 0 Å². The fraction of sp³-hybridized carbons (Fsp3) is 0.333. The van der Waals surface area contributed by atoms with E-state index in [4.69, 9.17) is 9.57 Å². The van der Waals surface area contributed by atoms with Crippen molar-refractivity contribution in [2.75, 3.05) is 13.2 Å². The summed E-state index contributed by atoms with van der Waals surface area (Å²) in [5.74, 6) is 0.660. The van der Waals surface area contributed by atoms with E-state index >= 15 is 0 Å².